The number of fused-ring (bicyclic) bond motifs is 1. The van der Waals surface area contributed by atoms with Crippen LogP contribution >= 0.6 is 0 Å². The molecule has 0 aliphatic rings. The molecule has 1 aromatic heterocycles. The number of methoxy groups -OCH3 is 1. The van der Waals surface area contributed by atoms with Crippen LogP contribution in [0.1, 0.15) is 0 Å². The van der Waals surface area contributed by atoms with Gasteiger partial charge in [-0.3, -0.25) is 0 Å². The molecule has 0 N–H and O–H groups in total. The van der Waals surface area contributed by atoms with Crippen molar-refractivity contribution in [1.82, 2.24) is 0 Å². The second-order valence-corrected chi connectivity index (χ2v) is 2.63. The number of rotatable bonds is 1. The Bertz CT molecular complexity index is 485. The Balaban J connectivity index is 2.89. The molecule has 3 nitrogen and oxygen atoms in total. The van der Waals surface area contributed by atoms with Crippen molar-refractivity contribution in [2.24, 2.45) is 0 Å². The molecule has 1 heterocycles. The molecular formula is C10H8O3. The fourth-order valence-corrected chi connectivity index (χ4v) is 1.25. The quantitative estimate of drug-likeness (QED) is 0.622. The third-order valence-electron chi connectivity index (χ3n) is 1.83. The smallest absolute Gasteiger partial charge is 0.339 e. The third kappa shape index (κ3) is 1.28. The molecule has 0 aliphatic carbocycles. The SMILES string of the molecule is COc1cc(=O)oc2ccccc12. The lowest BCUT2D eigenvalue weighted by Gasteiger charge is -2.01. The van der Waals surface area contributed by atoms with Crippen LogP contribution in [0.2, 0.25) is 0 Å². The first kappa shape index (κ1) is 7.86. The van der Waals surface area contributed by atoms with Gasteiger partial charge in [0.2, 0.25) is 0 Å². The first-order valence-electron chi connectivity index (χ1n) is 3.88. The molecule has 66 valence electrons. The lowest BCUT2D eigenvalue weighted by atomic mass is 10.2. The van der Waals surface area contributed by atoms with Crippen molar-refractivity contribution in [3.05, 3.63) is 40.8 Å². The summed E-state index contributed by atoms with van der Waals surface area (Å²) in [6.45, 7) is 0. The Morgan fingerprint density at radius 3 is 2.85 bits per heavy atom. The Morgan fingerprint density at radius 2 is 2.08 bits per heavy atom. The molecule has 3 heteroatoms. The van der Waals surface area contributed by atoms with Gasteiger partial charge < -0.3 is 9.15 Å². The van der Waals surface area contributed by atoms with Gasteiger partial charge in [0.15, 0.2) is 0 Å². The highest BCUT2D eigenvalue weighted by molar-refractivity contribution is 5.82. The van der Waals surface area contributed by atoms with E-state index in [1.54, 1.807) is 6.07 Å². The largest absolute Gasteiger partial charge is 0.496 e. The molecule has 0 unspecified atom stereocenters. The summed E-state index contributed by atoms with van der Waals surface area (Å²) in [4.78, 5) is 11.0. The Kier molecular flexibility index (Phi) is 1.77. The van der Waals surface area contributed by atoms with Gasteiger partial charge in [0, 0.05) is 0 Å². The second kappa shape index (κ2) is 2.94. The van der Waals surface area contributed by atoms with Crippen molar-refractivity contribution in [2.45, 2.75) is 0 Å². The monoisotopic (exact) mass is 176 g/mol. The van der Waals surface area contributed by atoms with Gasteiger partial charge in [0.05, 0.1) is 18.6 Å². The van der Waals surface area contributed by atoms with E-state index in [4.69, 9.17) is 9.15 Å². The van der Waals surface area contributed by atoms with Gasteiger partial charge in [-0.05, 0) is 12.1 Å². The van der Waals surface area contributed by atoms with Crippen molar-refractivity contribution in [3.8, 4) is 5.75 Å². The maximum atomic E-state index is 11.0. The van der Waals surface area contributed by atoms with E-state index in [0.717, 1.165) is 5.39 Å². The van der Waals surface area contributed by atoms with Gasteiger partial charge >= 0.3 is 5.63 Å². The summed E-state index contributed by atoms with van der Waals surface area (Å²) in [5.41, 5.74) is 0.155. The van der Waals surface area contributed by atoms with Crippen LogP contribution in [0.25, 0.3) is 11.0 Å². The van der Waals surface area contributed by atoms with E-state index < -0.39 is 5.63 Å². The average molecular weight is 176 g/mol. The van der Waals surface area contributed by atoms with Crippen LogP contribution < -0.4 is 10.4 Å². The number of hydrogen-bond acceptors (Lipinski definition) is 3. The van der Waals surface area contributed by atoms with Gasteiger partial charge in [-0.2, -0.15) is 0 Å². The third-order valence-corrected chi connectivity index (χ3v) is 1.83. The lowest BCUT2D eigenvalue weighted by molar-refractivity contribution is 0.413. The maximum Gasteiger partial charge on any atom is 0.339 e. The van der Waals surface area contributed by atoms with Gasteiger partial charge in [-0.25, -0.2) is 4.79 Å². The molecule has 0 bridgehead atoms. The normalized spacial score (nSPS) is 10.2. The molecule has 0 spiro atoms. The summed E-state index contributed by atoms with van der Waals surface area (Å²) in [5, 5.41) is 0.810. The van der Waals surface area contributed by atoms with Crippen LogP contribution in [0, 0.1) is 0 Å². The highest BCUT2D eigenvalue weighted by Crippen LogP contribution is 2.22. The molecule has 0 radical (unpaired) electrons. The van der Waals surface area contributed by atoms with Gasteiger partial charge in [0.1, 0.15) is 11.3 Å². The highest BCUT2D eigenvalue weighted by Gasteiger charge is 2.03. The maximum absolute atomic E-state index is 11.0. The zero-order chi connectivity index (χ0) is 9.26. The highest BCUT2D eigenvalue weighted by atomic mass is 16.5. The van der Waals surface area contributed by atoms with Crippen molar-refractivity contribution in [2.75, 3.05) is 7.11 Å². The topological polar surface area (TPSA) is 39.4 Å². The fraction of sp³-hybridized carbons (Fsp3) is 0.100. The van der Waals surface area contributed by atoms with Crippen LogP contribution in [0.15, 0.2) is 39.5 Å². The number of ether oxygens (including phenoxy) is 1. The molecular weight excluding hydrogens is 168 g/mol. The zero-order valence-electron chi connectivity index (χ0n) is 7.11. The van der Waals surface area contributed by atoms with Crippen LogP contribution in [-0.2, 0) is 0 Å². The first-order valence-corrected chi connectivity index (χ1v) is 3.88. The van der Waals surface area contributed by atoms with Crippen molar-refractivity contribution in [3.63, 3.8) is 0 Å². The Morgan fingerprint density at radius 1 is 1.31 bits per heavy atom. The zero-order valence-corrected chi connectivity index (χ0v) is 7.11. The molecule has 2 rings (SSSR count). The van der Waals surface area contributed by atoms with E-state index >= 15 is 0 Å². The minimum atomic E-state index is -0.393. The lowest BCUT2D eigenvalue weighted by Crippen LogP contribution is -1.98. The summed E-state index contributed by atoms with van der Waals surface area (Å²) >= 11 is 0. The summed E-state index contributed by atoms with van der Waals surface area (Å²) in [7, 11) is 1.53. The number of para-hydroxylation sites is 1. The molecule has 0 amide bonds. The van der Waals surface area contributed by atoms with Crippen molar-refractivity contribution in [1.29, 1.82) is 0 Å². The van der Waals surface area contributed by atoms with E-state index in [9.17, 15) is 4.79 Å². The van der Waals surface area contributed by atoms with E-state index in [1.165, 1.54) is 13.2 Å². The average Bonchev–Trinajstić information content (AvgIpc) is 2.16. The minimum absolute atomic E-state index is 0.393. The summed E-state index contributed by atoms with van der Waals surface area (Å²) < 4.78 is 10.0. The van der Waals surface area contributed by atoms with E-state index in [1.807, 2.05) is 18.2 Å². The molecule has 2 aromatic rings. The Labute approximate surface area is 74.6 Å². The molecule has 13 heavy (non-hydrogen) atoms. The molecule has 1 aromatic carbocycles. The molecule has 0 fully saturated rings. The molecule has 0 aliphatic heterocycles. The molecule has 0 atom stereocenters. The summed E-state index contributed by atoms with van der Waals surface area (Å²) in [6, 6.07) is 8.59. The van der Waals surface area contributed by atoms with Crippen LogP contribution in [0.3, 0.4) is 0 Å². The number of benzene rings is 1. The predicted octanol–water partition coefficient (Wildman–Crippen LogP) is 1.80. The van der Waals surface area contributed by atoms with Crippen molar-refractivity contribution < 1.29 is 9.15 Å². The van der Waals surface area contributed by atoms with Gasteiger partial charge in [-0.1, -0.05) is 12.1 Å². The van der Waals surface area contributed by atoms with Crippen molar-refractivity contribution >= 4 is 11.0 Å². The van der Waals surface area contributed by atoms with Crippen LogP contribution in [0.5, 0.6) is 5.75 Å². The Hall–Kier alpha value is -1.77. The summed E-state index contributed by atoms with van der Waals surface area (Å²) in [6.07, 6.45) is 0. The van der Waals surface area contributed by atoms with E-state index in [2.05, 4.69) is 0 Å². The minimum Gasteiger partial charge on any atom is -0.496 e. The summed E-state index contributed by atoms with van der Waals surface area (Å²) in [5.74, 6) is 0.548. The van der Waals surface area contributed by atoms with E-state index in [-0.39, 0.29) is 0 Å². The molecule has 0 saturated carbocycles. The van der Waals surface area contributed by atoms with Crippen LogP contribution in [0.4, 0.5) is 0 Å². The fourth-order valence-electron chi connectivity index (χ4n) is 1.25. The van der Waals surface area contributed by atoms with E-state index in [0.29, 0.717) is 11.3 Å². The van der Waals surface area contributed by atoms with Gasteiger partial charge in [-0.15, -0.1) is 0 Å². The molecule has 0 saturated heterocycles. The number of hydrogen-bond donors (Lipinski definition) is 0. The predicted molar refractivity (Wildman–Crippen MR) is 49.0 cm³/mol. The van der Waals surface area contributed by atoms with Crippen LogP contribution in [-0.4, -0.2) is 7.11 Å². The second-order valence-electron chi connectivity index (χ2n) is 2.63. The first-order chi connectivity index (χ1) is 6.31. The van der Waals surface area contributed by atoms with Gasteiger partial charge in [0.25, 0.3) is 0 Å². The standard InChI is InChI=1S/C10H8O3/c1-12-9-6-10(11)13-8-5-3-2-4-7(8)9/h2-6H,1H3.